The lowest BCUT2D eigenvalue weighted by Crippen LogP contribution is -2.46. The number of aliphatic hydroxyl groups excluding tert-OH is 1. The molecule has 3 N–H and O–H groups in total. The number of benzene rings is 2. The molecule has 0 radical (unpaired) electrons. The maximum Gasteiger partial charge on any atom is 0.351 e. The summed E-state index contributed by atoms with van der Waals surface area (Å²) in [5.41, 5.74) is 5.97. The molecular formula is C24H27N3O5. The number of ether oxygens (including phenoxy) is 3. The molecule has 1 saturated heterocycles. The molecule has 2 heterocycles. The first-order valence-corrected chi connectivity index (χ1v) is 10.4. The molecular weight excluding hydrogens is 410 g/mol. The molecule has 0 amide bonds. The Morgan fingerprint density at radius 3 is 2.31 bits per heavy atom. The van der Waals surface area contributed by atoms with Gasteiger partial charge in [-0.1, -0.05) is 60.7 Å². The van der Waals surface area contributed by atoms with Gasteiger partial charge in [-0.15, -0.1) is 0 Å². The molecule has 4 rings (SSSR count). The predicted octanol–water partition coefficient (Wildman–Crippen LogP) is 2.28. The van der Waals surface area contributed by atoms with Crippen molar-refractivity contribution in [3.05, 3.63) is 94.5 Å². The number of nitrogen functional groups attached to an aromatic ring is 1. The lowest BCUT2D eigenvalue weighted by atomic mass is 9.98. The van der Waals surface area contributed by atoms with Gasteiger partial charge in [0.1, 0.15) is 23.6 Å². The van der Waals surface area contributed by atoms with Gasteiger partial charge in [-0.05, 0) is 24.1 Å². The Morgan fingerprint density at radius 1 is 1.06 bits per heavy atom. The largest absolute Gasteiger partial charge is 0.386 e. The normalized spacial score (nSPS) is 25.1. The van der Waals surface area contributed by atoms with Crippen molar-refractivity contribution in [2.45, 2.75) is 44.2 Å². The summed E-state index contributed by atoms with van der Waals surface area (Å²) in [5.74, 6) is 0.101. The zero-order valence-corrected chi connectivity index (χ0v) is 17.8. The first-order valence-electron chi connectivity index (χ1n) is 10.4. The Labute approximate surface area is 186 Å². The van der Waals surface area contributed by atoms with Gasteiger partial charge in [0.25, 0.3) is 0 Å². The summed E-state index contributed by atoms with van der Waals surface area (Å²) < 4.78 is 19.5. The molecule has 0 aliphatic carbocycles. The minimum absolute atomic E-state index is 0.101. The summed E-state index contributed by atoms with van der Waals surface area (Å²) in [6.07, 6.45) is -1.38. The molecule has 4 atom stereocenters. The highest BCUT2D eigenvalue weighted by Gasteiger charge is 2.54. The number of nitrogens with zero attached hydrogens (tertiary/aromatic N) is 2. The lowest BCUT2D eigenvalue weighted by Gasteiger charge is -2.30. The van der Waals surface area contributed by atoms with Crippen LogP contribution in [0.3, 0.4) is 0 Å². The van der Waals surface area contributed by atoms with E-state index in [1.807, 2.05) is 67.6 Å². The number of anilines is 1. The highest BCUT2D eigenvalue weighted by Crippen LogP contribution is 2.39. The Balaban J connectivity index is 1.54. The van der Waals surface area contributed by atoms with Crippen LogP contribution >= 0.6 is 0 Å². The van der Waals surface area contributed by atoms with Crippen molar-refractivity contribution in [3.8, 4) is 0 Å². The van der Waals surface area contributed by atoms with Crippen molar-refractivity contribution in [3.63, 3.8) is 0 Å². The molecule has 1 aliphatic rings. The number of aromatic nitrogens is 2. The number of hydrogen-bond donors (Lipinski definition) is 2. The Kier molecular flexibility index (Phi) is 6.66. The van der Waals surface area contributed by atoms with Crippen LogP contribution in [0.15, 0.2) is 77.7 Å². The van der Waals surface area contributed by atoms with Gasteiger partial charge in [0.15, 0.2) is 6.23 Å². The van der Waals surface area contributed by atoms with Crippen LogP contribution < -0.4 is 11.4 Å². The van der Waals surface area contributed by atoms with Gasteiger partial charge in [-0.2, -0.15) is 4.98 Å². The second-order valence-corrected chi connectivity index (χ2v) is 8.05. The molecule has 0 saturated carbocycles. The fourth-order valence-corrected chi connectivity index (χ4v) is 3.86. The van der Waals surface area contributed by atoms with E-state index < -0.39 is 29.7 Å². The second kappa shape index (κ2) is 9.62. The average Bonchev–Trinajstić information content (AvgIpc) is 3.03. The first kappa shape index (κ1) is 22.2. The molecule has 8 heteroatoms. The molecule has 1 aromatic heterocycles. The molecule has 0 spiro atoms. The fraction of sp³-hybridized carbons (Fsp3) is 0.333. The summed E-state index contributed by atoms with van der Waals surface area (Å²) in [7, 11) is 0. The standard InChI is InChI=1S/C24H27N3O5/c1-24(16-30-14-17-8-4-2-5-9-17)21(31-15-18-10-6-3-7-11-18)20(28)22(32-24)27-13-12-19(25)26-23(27)29/h2-13,20-22,28H,14-16H2,1H3,(H2,25,26,29)/t20-,21-,22+,24+/m0/s1. The average molecular weight is 437 g/mol. The Bertz CT molecular complexity index is 1080. The van der Waals surface area contributed by atoms with E-state index in [1.54, 1.807) is 0 Å². The predicted molar refractivity (Wildman–Crippen MR) is 119 cm³/mol. The van der Waals surface area contributed by atoms with Gasteiger partial charge in [-0.25, -0.2) is 4.79 Å². The van der Waals surface area contributed by atoms with E-state index >= 15 is 0 Å². The molecule has 1 aliphatic heterocycles. The van der Waals surface area contributed by atoms with Gasteiger partial charge in [0.2, 0.25) is 0 Å². The number of hydrogen-bond acceptors (Lipinski definition) is 7. The summed E-state index contributed by atoms with van der Waals surface area (Å²) in [5, 5.41) is 11.1. The van der Waals surface area contributed by atoms with Gasteiger partial charge in [-0.3, -0.25) is 4.57 Å². The quantitative estimate of drug-likeness (QED) is 0.556. The zero-order valence-electron chi connectivity index (χ0n) is 17.8. The van der Waals surface area contributed by atoms with Crippen LogP contribution in [0.5, 0.6) is 0 Å². The van der Waals surface area contributed by atoms with Crippen molar-refractivity contribution in [1.82, 2.24) is 9.55 Å². The SMILES string of the molecule is C[C@]1(COCc2ccccc2)O[C@@H](n2ccc(N)nc2=O)[C@@H](O)[C@@H]1OCc1ccccc1. The monoisotopic (exact) mass is 437 g/mol. The van der Waals surface area contributed by atoms with Crippen LogP contribution in [0.4, 0.5) is 5.82 Å². The highest BCUT2D eigenvalue weighted by atomic mass is 16.6. The fourth-order valence-electron chi connectivity index (χ4n) is 3.86. The van der Waals surface area contributed by atoms with E-state index in [2.05, 4.69) is 4.98 Å². The van der Waals surface area contributed by atoms with E-state index in [-0.39, 0.29) is 19.0 Å². The van der Waals surface area contributed by atoms with Crippen molar-refractivity contribution >= 4 is 5.82 Å². The first-order chi connectivity index (χ1) is 15.5. The van der Waals surface area contributed by atoms with Gasteiger partial charge in [0, 0.05) is 6.20 Å². The van der Waals surface area contributed by atoms with Crippen molar-refractivity contribution in [2.24, 2.45) is 0 Å². The molecule has 2 aromatic carbocycles. The van der Waals surface area contributed by atoms with E-state index in [1.165, 1.54) is 16.8 Å². The van der Waals surface area contributed by atoms with Crippen molar-refractivity contribution < 1.29 is 19.3 Å². The minimum atomic E-state index is -1.12. The Morgan fingerprint density at radius 2 is 1.69 bits per heavy atom. The smallest absolute Gasteiger partial charge is 0.351 e. The minimum Gasteiger partial charge on any atom is -0.386 e. The molecule has 0 unspecified atom stereocenters. The summed E-state index contributed by atoms with van der Waals surface area (Å²) in [6, 6.07) is 20.9. The van der Waals surface area contributed by atoms with Gasteiger partial charge < -0.3 is 25.1 Å². The molecule has 32 heavy (non-hydrogen) atoms. The third-order valence-electron chi connectivity index (χ3n) is 5.49. The maximum atomic E-state index is 12.4. The summed E-state index contributed by atoms with van der Waals surface area (Å²) >= 11 is 0. The van der Waals surface area contributed by atoms with Crippen LogP contribution in [0.25, 0.3) is 0 Å². The van der Waals surface area contributed by atoms with Gasteiger partial charge in [0.05, 0.1) is 19.8 Å². The lowest BCUT2D eigenvalue weighted by molar-refractivity contribution is -0.147. The van der Waals surface area contributed by atoms with Gasteiger partial charge >= 0.3 is 5.69 Å². The molecule has 3 aromatic rings. The van der Waals surface area contributed by atoms with Crippen LogP contribution in [-0.4, -0.2) is 39.1 Å². The van der Waals surface area contributed by atoms with E-state index in [0.717, 1.165) is 11.1 Å². The third kappa shape index (κ3) is 4.89. The number of nitrogens with two attached hydrogens (primary N) is 1. The van der Waals surface area contributed by atoms with E-state index in [0.29, 0.717) is 6.61 Å². The highest BCUT2D eigenvalue weighted by molar-refractivity contribution is 5.24. The zero-order chi connectivity index (χ0) is 22.6. The number of aliphatic hydroxyl groups is 1. The van der Waals surface area contributed by atoms with Crippen molar-refractivity contribution in [1.29, 1.82) is 0 Å². The molecule has 168 valence electrons. The second-order valence-electron chi connectivity index (χ2n) is 8.05. The summed E-state index contributed by atoms with van der Waals surface area (Å²) in [4.78, 5) is 16.1. The van der Waals surface area contributed by atoms with Crippen LogP contribution in [0.1, 0.15) is 24.3 Å². The maximum absolute atomic E-state index is 12.4. The van der Waals surface area contributed by atoms with E-state index in [4.69, 9.17) is 19.9 Å². The molecule has 8 nitrogen and oxygen atoms in total. The van der Waals surface area contributed by atoms with Crippen LogP contribution in [-0.2, 0) is 27.4 Å². The van der Waals surface area contributed by atoms with Crippen LogP contribution in [0, 0.1) is 0 Å². The summed E-state index contributed by atoms with van der Waals surface area (Å²) in [6.45, 7) is 2.63. The Hall–Kier alpha value is -3.04. The molecule has 0 bridgehead atoms. The van der Waals surface area contributed by atoms with E-state index in [9.17, 15) is 9.90 Å². The number of rotatable bonds is 8. The topological polar surface area (TPSA) is 109 Å². The third-order valence-corrected chi connectivity index (χ3v) is 5.49. The van der Waals surface area contributed by atoms with Crippen LogP contribution in [0.2, 0.25) is 0 Å². The molecule has 1 fully saturated rings. The van der Waals surface area contributed by atoms with Crippen molar-refractivity contribution in [2.75, 3.05) is 12.3 Å².